The molecule has 0 saturated carbocycles. The van der Waals surface area contributed by atoms with Crippen LogP contribution in [0.1, 0.15) is 25.5 Å². The van der Waals surface area contributed by atoms with Crippen LogP contribution in [0.3, 0.4) is 0 Å². The fraction of sp³-hybridized carbons (Fsp3) is 0.600. The van der Waals surface area contributed by atoms with Crippen LogP contribution in [0.4, 0.5) is 0 Å². The van der Waals surface area contributed by atoms with Crippen LogP contribution in [0.2, 0.25) is 0 Å². The van der Waals surface area contributed by atoms with E-state index in [2.05, 4.69) is 30.2 Å². The minimum absolute atomic E-state index is 0.0238. The van der Waals surface area contributed by atoms with Crippen LogP contribution in [0.15, 0.2) is 24.3 Å². The quantitative estimate of drug-likeness (QED) is 0.628. The summed E-state index contributed by atoms with van der Waals surface area (Å²) in [5.41, 5.74) is 3.99. The van der Waals surface area contributed by atoms with Crippen LogP contribution in [0.25, 0.3) is 0 Å². The number of hydrogen-bond donors (Lipinski definition) is 2. The van der Waals surface area contributed by atoms with Crippen molar-refractivity contribution in [3.05, 3.63) is 29.8 Å². The number of rotatable bonds is 5. The number of nitrogens with one attached hydrogen (secondary N) is 1. The van der Waals surface area contributed by atoms with Gasteiger partial charge in [0.2, 0.25) is 0 Å². The summed E-state index contributed by atoms with van der Waals surface area (Å²) >= 11 is 0. The van der Waals surface area contributed by atoms with Gasteiger partial charge in [-0.2, -0.15) is 0 Å². The van der Waals surface area contributed by atoms with Crippen molar-refractivity contribution >= 4 is 0 Å². The van der Waals surface area contributed by atoms with Gasteiger partial charge in [-0.1, -0.05) is 12.1 Å². The highest BCUT2D eigenvalue weighted by Gasteiger charge is 2.36. The van der Waals surface area contributed by atoms with E-state index in [9.17, 15) is 0 Å². The monoisotopic (exact) mass is 279 g/mol. The summed E-state index contributed by atoms with van der Waals surface area (Å²) in [7, 11) is 1.68. The molecule has 1 aromatic carbocycles. The number of morpholine rings is 1. The second kappa shape index (κ2) is 6.54. The summed E-state index contributed by atoms with van der Waals surface area (Å²) < 4.78 is 10.7. The average molecular weight is 279 g/mol. The first-order chi connectivity index (χ1) is 9.59. The highest BCUT2D eigenvalue weighted by atomic mass is 16.5. The minimum atomic E-state index is -0.106. The molecule has 1 fully saturated rings. The number of hydrogen-bond acceptors (Lipinski definition) is 5. The van der Waals surface area contributed by atoms with Gasteiger partial charge in [0.05, 0.1) is 26.4 Å². The SMILES string of the molecule is COc1cccc(C(NN)C(C)(C)N2CCOCC2)c1. The number of benzene rings is 1. The second-order valence-corrected chi connectivity index (χ2v) is 5.63. The van der Waals surface area contributed by atoms with E-state index in [0.29, 0.717) is 0 Å². The number of nitrogens with two attached hydrogens (primary N) is 1. The van der Waals surface area contributed by atoms with Crippen LogP contribution < -0.4 is 16.0 Å². The summed E-state index contributed by atoms with van der Waals surface area (Å²) in [6.07, 6.45) is 0. The van der Waals surface area contributed by atoms with Crippen molar-refractivity contribution in [3.63, 3.8) is 0 Å². The summed E-state index contributed by atoms with van der Waals surface area (Å²) in [6, 6.07) is 8.07. The summed E-state index contributed by atoms with van der Waals surface area (Å²) in [4.78, 5) is 2.42. The topological polar surface area (TPSA) is 59.8 Å². The molecular weight excluding hydrogens is 254 g/mol. The van der Waals surface area contributed by atoms with E-state index in [4.69, 9.17) is 15.3 Å². The van der Waals surface area contributed by atoms with Gasteiger partial charge in [0.25, 0.3) is 0 Å². The lowest BCUT2D eigenvalue weighted by atomic mass is 9.87. The van der Waals surface area contributed by atoms with Crippen molar-refractivity contribution in [2.45, 2.75) is 25.4 Å². The van der Waals surface area contributed by atoms with Crippen molar-refractivity contribution in [3.8, 4) is 5.75 Å². The zero-order valence-electron chi connectivity index (χ0n) is 12.6. The van der Waals surface area contributed by atoms with Gasteiger partial charge in [-0.05, 0) is 31.5 Å². The minimum Gasteiger partial charge on any atom is -0.497 e. The van der Waals surface area contributed by atoms with Crippen LogP contribution in [0.5, 0.6) is 5.75 Å². The lowest BCUT2D eigenvalue weighted by Crippen LogP contribution is -2.57. The molecule has 1 heterocycles. The number of nitrogens with zero attached hydrogens (tertiary/aromatic N) is 1. The molecule has 0 aliphatic carbocycles. The highest BCUT2D eigenvalue weighted by molar-refractivity contribution is 5.32. The third kappa shape index (κ3) is 3.12. The second-order valence-electron chi connectivity index (χ2n) is 5.63. The molecule has 0 amide bonds. The van der Waals surface area contributed by atoms with E-state index >= 15 is 0 Å². The average Bonchev–Trinajstić information content (AvgIpc) is 2.49. The molecule has 1 unspecified atom stereocenters. The van der Waals surface area contributed by atoms with Gasteiger partial charge >= 0.3 is 0 Å². The predicted molar refractivity (Wildman–Crippen MR) is 79.5 cm³/mol. The Morgan fingerprint density at radius 3 is 2.65 bits per heavy atom. The molecule has 0 radical (unpaired) electrons. The van der Waals surface area contributed by atoms with Gasteiger partial charge in [-0.15, -0.1) is 0 Å². The zero-order valence-corrected chi connectivity index (χ0v) is 12.6. The Morgan fingerprint density at radius 2 is 2.05 bits per heavy atom. The molecule has 1 aliphatic heterocycles. The normalized spacial score (nSPS) is 18.8. The number of methoxy groups -OCH3 is 1. The van der Waals surface area contributed by atoms with Crippen molar-refractivity contribution in [1.82, 2.24) is 10.3 Å². The summed E-state index contributed by atoms with van der Waals surface area (Å²) in [5.74, 6) is 6.69. The largest absolute Gasteiger partial charge is 0.497 e. The fourth-order valence-electron chi connectivity index (χ4n) is 2.85. The maximum atomic E-state index is 5.84. The van der Waals surface area contributed by atoms with E-state index in [-0.39, 0.29) is 11.6 Å². The first-order valence-corrected chi connectivity index (χ1v) is 7.02. The third-order valence-corrected chi connectivity index (χ3v) is 4.13. The fourth-order valence-corrected chi connectivity index (χ4v) is 2.85. The maximum absolute atomic E-state index is 5.84. The highest BCUT2D eigenvalue weighted by Crippen LogP contribution is 2.32. The molecule has 20 heavy (non-hydrogen) atoms. The molecule has 0 spiro atoms. The first kappa shape index (κ1) is 15.3. The van der Waals surface area contributed by atoms with Gasteiger partial charge in [0.1, 0.15) is 5.75 Å². The Balaban J connectivity index is 2.24. The van der Waals surface area contributed by atoms with Crippen LogP contribution in [-0.4, -0.2) is 43.9 Å². The van der Waals surface area contributed by atoms with E-state index in [1.807, 2.05) is 18.2 Å². The Labute approximate surface area is 121 Å². The van der Waals surface area contributed by atoms with Gasteiger partial charge in [-0.25, -0.2) is 0 Å². The van der Waals surface area contributed by atoms with Gasteiger partial charge in [-0.3, -0.25) is 16.2 Å². The van der Waals surface area contributed by atoms with Crippen molar-refractivity contribution in [1.29, 1.82) is 0 Å². The predicted octanol–water partition coefficient (Wildman–Crippen LogP) is 1.31. The van der Waals surface area contributed by atoms with E-state index in [1.54, 1.807) is 7.11 Å². The molecule has 0 bridgehead atoms. The number of hydrazine groups is 1. The molecule has 1 aliphatic rings. The molecule has 2 rings (SSSR count). The Kier molecular flexibility index (Phi) is 4.99. The molecule has 1 aromatic rings. The Bertz CT molecular complexity index is 431. The molecule has 3 N–H and O–H groups in total. The smallest absolute Gasteiger partial charge is 0.119 e. The molecule has 1 saturated heterocycles. The van der Waals surface area contributed by atoms with Crippen LogP contribution in [-0.2, 0) is 4.74 Å². The maximum Gasteiger partial charge on any atom is 0.119 e. The Morgan fingerprint density at radius 1 is 1.35 bits per heavy atom. The summed E-state index contributed by atoms with van der Waals surface area (Å²) in [6.45, 7) is 7.83. The molecule has 112 valence electrons. The van der Waals surface area contributed by atoms with E-state index in [0.717, 1.165) is 37.6 Å². The molecular formula is C15H25N3O2. The lowest BCUT2D eigenvalue weighted by Gasteiger charge is -2.45. The van der Waals surface area contributed by atoms with E-state index < -0.39 is 0 Å². The lowest BCUT2D eigenvalue weighted by molar-refractivity contribution is -0.0238. The van der Waals surface area contributed by atoms with Crippen LogP contribution in [0, 0.1) is 0 Å². The van der Waals surface area contributed by atoms with Crippen molar-refractivity contribution in [2.24, 2.45) is 5.84 Å². The molecule has 0 aromatic heterocycles. The molecule has 1 atom stereocenters. The number of ether oxygens (including phenoxy) is 2. The standard InChI is InChI=1S/C15H25N3O2/c1-15(2,18-7-9-20-10-8-18)14(17-16)12-5-4-6-13(11-12)19-3/h4-6,11,14,17H,7-10,16H2,1-3H3. The first-order valence-electron chi connectivity index (χ1n) is 7.02. The summed E-state index contributed by atoms with van der Waals surface area (Å²) in [5, 5.41) is 0. The molecule has 5 nitrogen and oxygen atoms in total. The molecule has 5 heteroatoms. The third-order valence-electron chi connectivity index (χ3n) is 4.13. The van der Waals surface area contributed by atoms with Gasteiger partial charge in [0.15, 0.2) is 0 Å². The van der Waals surface area contributed by atoms with Gasteiger partial charge in [0, 0.05) is 18.6 Å². The zero-order chi connectivity index (χ0) is 14.6. The van der Waals surface area contributed by atoms with Gasteiger partial charge < -0.3 is 9.47 Å². The van der Waals surface area contributed by atoms with Crippen LogP contribution >= 0.6 is 0 Å². The van der Waals surface area contributed by atoms with E-state index in [1.165, 1.54) is 0 Å². The van der Waals surface area contributed by atoms with Crippen molar-refractivity contribution in [2.75, 3.05) is 33.4 Å². The van der Waals surface area contributed by atoms with Crippen molar-refractivity contribution < 1.29 is 9.47 Å². The Hall–Kier alpha value is -1.14.